The first-order valence-electron chi connectivity index (χ1n) is 2.60. The molecule has 0 aliphatic carbocycles. The van der Waals surface area contributed by atoms with Crippen molar-refractivity contribution in [3.05, 3.63) is 28.0 Å². The van der Waals surface area contributed by atoms with Gasteiger partial charge in [0.05, 0.1) is 5.69 Å². The Kier molecular flexibility index (Phi) is 2.46. The van der Waals surface area contributed by atoms with E-state index >= 15 is 0 Å². The molecule has 0 bridgehead atoms. The van der Waals surface area contributed by atoms with Gasteiger partial charge in [0.15, 0.2) is 0 Å². The zero-order valence-electron chi connectivity index (χ0n) is 4.94. The molecule has 0 unspecified atom stereocenters. The molecule has 0 aliphatic heterocycles. The second-order valence-electron chi connectivity index (χ2n) is 1.73. The number of pyridine rings is 1. The lowest BCUT2D eigenvalue weighted by Gasteiger charge is -1.94. The third kappa shape index (κ3) is 1.82. The van der Waals surface area contributed by atoms with E-state index in [-0.39, 0.29) is 10.8 Å². The Morgan fingerprint density at radius 3 is 2.60 bits per heavy atom. The highest BCUT2D eigenvalue weighted by molar-refractivity contribution is 6.33. The van der Waals surface area contributed by atoms with Crippen LogP contribution in [0.1, 0.15) is 5.69 Å². The molecule has 0 saturated carbocycles. The summed E-state index contributed by atoms with van der Waals surface area (Å²) in [6.45, 7) is -0.639. The topological polar surface area (TPSA) is 12.9 Å². The first-order valence-corrected chi connectivity index (χ1v) is 3.36. The van der Waals surface area contributed by atoms with Crippen LogP contribution in [0.3, 0.4) is 0 Å². The van der Waals surface area contributed by atoms with Gasteiger partial charge in [0.2, 0.25) is 0 Å². The number of hydrogen-bond acceptors (Lipinski definition) is 1. The molecule has 54 valence electrons. The van der Waals surface area contributed by atoms with Crippen LogP contribution in [0.25, 0.3) is 0 Å². The molecular weight excluding hydrogens is 176 g/mol. The summed E-state index contributed by atoms with van der Waals surface area (Å²) in [5, 5.41) is 0.632. The number of nitrogens with zero attached hydrogens (tertiary/aromatic N) is 1. The maximum atomic E-state index is 11.9. The predicted octanol–water partition coefficient (Wildman–Crippen LogP) is 2.86. The van der Waals surface area contributed by atoms with Gasteiger partial charge >= 0.3 is 0 Å². The molecule has 1 heterocycles. The fraction of sp³-hybridized carbons (Fsp3) is 0.167. The molecule has 0 fully saturated rings. The lowest BCUT2D eigenvalue weighted by atomic mass is 10.4. The molecule has 0 atom stereocenters. The fourth-order valence-electron chi connectivity index (χ4n) is 0.585. The van der Waals surface area contributed by atoms with Crippen molar-refractivity contribution in [1.29, 1.82) is 0 Å². The lowest BCUT2D eigenvalue weighted by Crippen LogP contribution is -1.84. The van der Waals surface area contributed by atoms with Crippen molar-refractivity contribution in [3.63, 3.8) is 0 Å². The molecule has 1 rings (SSSR count). The van der Waals surface area contributed by atoms with Crippen LogP contribution in [0.2, 0.25) is 10.2 Å². The van der Waals surface area contributed by atoms with Crippen molar-refractivity contribution < 1.29 is 4.39 Å². The molecule has 1 aromatic heterocycles. The third-order valence-corrected chi connectivity index (χ3v) is 1.36. The van der Waals surface area contributed by atoms with Crippen LogP contribution in [-0.4, -0.2) is 4.98 Å². The number of aromatic nitrogens is 1. The summed E-state index contributed by atoms with van der Waals surface area (Å²) < 4.78 is 11.9. The summed E-state index contributed by atoms with van der Waals surface area (Å²) >= 11 is 11.0. The molecule has 0 saturated heterocycles. The Hall–Kier alpha value is -0.340. The van der Waals surface area contributed by atoms with Crippen LogP contribution in [0.4, 0.5) is 4.39 Å². The van der Waals surface area contributed by atoms with E-state index in [1.165, 1.54) is 12.1 Å². The van der Waals surface area contributed by atoms with Gasteiger partial charge in [0.1, 0.15) is 11.8 Å². The summed E-state index contributed by atoms with van der Waals surface area (Å²) in [4.78, 5) is 3.66. The van der Waals surface area contributed by atoms with Gasteiger partial charge < -0.3 is 0 Å². The molecule has 10 heavy (non-hydrogen) atoms. The Labute approximate surface area is 67.8 Å². The maximum absolute atomic E-state index is 11.9. The Morgan fingerprint density at radius 2 is 2.10 bits per heavy atom. The maximum Gasteiger partial charge on any atom is 0.132 e. The fourth-order valence-corrected chi connectivity index (χ4v) is 1.10. The second-order valence-corrected chi connectivity index (χ2v) is 2.56. The molecule has 0 amide bonds. The standard InChI is InChI=1S/C6H4Cl2FN/c7-4-1-5(3-9)10-6(8)2-4/h1-2H,3H2. The number of alkyl halides is 1. The van der Waals surface area contributed by atoms with Gasteiger partial charge in [0, 0.05) is 5.02 Å². The highest BCUT2D eigenvalue weighted by Crippen LogP contribution is 2.15. The molecule has 0 aliphatic rings. The van der Waals surface area contributed by atoms with E-state index in [2.05, 4.69) is 4.98 Å². The van der Waals surface area contributed by atoms with Gasteiger partial charge in [-0.15, -0.1) is 0 Å². The quantitative estimate of drug-likeness (QED) is 0.605. The minimum Gasteiger partial charge on any atom is -0.244 e. The van der Waals surface area contributed by atoms with E-state index in [0.717, 1.165) is 0 Å². The van der Waals surface area contributed by atoms with E-state index in [0.29, 0.717) is 5.02 Å². The molecule has 4 heteroatoms. The zero-order valence-corrected chi connectivity index (χ0v) is 6.45. The van der Waals surface area contributed by atoms with E-state index in [1.54, 1.807) is 0 Å². The Balaban J connectivity index is 3.06. The van der Waals surface area contributed by atoms with Gasteiger partial charge in [-0.05, 0) is 12.1 Å². The summed E-state index contributed by atoms with van der Waals surface area (Å²) in [6.07, 6.45) is 0. The zero-order chi connectivity index (χ0) is 7.56. The van der Waals surface area contributed by atoms with Crippen LogP contribution in [0.15, 0.2) is 12.1 Å². The van der Waals surface area contributed by atoms with E-state index < -0.39 is 6.67 Å². The Bertz CT molecular complexity index is 219. The molecule has 1 aromatic rings. The van der Waals surface area contributed by atoms with Gasteiger partial charge in [-0.3, -0.25) is 0 Å². The van der Waals surface area contributed by atoms with Crippen LogP contribution < -0.4 is 0 Å². The van der Waals surface area contributed by atoms with Crippen molar-refractivity contribution in [2.75, 3.05) is 0 Å². The summed E-state index contributed by atoms with van der Waals surface area (Å²) in [6, 6.07) is 2.90. The van der Waals surface area contributed by atoms with Crippen molar-refractivity contribution in [3.8, 4) is 0 Å². The summed E-state index contributed by atoms with van der Waals surface area (Å²) in [5.41, 5.74) is 0.262. The number of hydrogen-bond donors (Lipinski definition) is 0. The molecule has 1 nitrogen and oxygen atoms in total. The Morgan fingerprint density at radius 1 is 1.40 bits per heavy atom. The normalized spacial score (nSPS) is 9.90. The summed E-state index contributed by atoms with van der Waals surface area (Å²) in [5.74, 6) is 0. The highest BCUT2D eigenvalue weighted by atomic mass is 35.5. The third-order valence-electron chi connectivity index (χ3n) is 0.949. The van der Waals surface area contributed by atoms with Crippen LogP contribution in [0.5, 0.6) is 0 Å². The van der Waals surface area contributed by atoms with Gasteiger partial charge in [0.25, 0.3) is 0 Å². The molecule has 0 radical (unpaired) electrons. The average molecular weight is 180 g/mol. The minimum absolute atomic E-state index is 0.222. The van der Waals surface area contributed by atoms with Crippen molar-refractivity contribution in [2.45, 2.75) is 6.67 Å². The van der Waals surface area contributed by atoms with Crippen molar-refractivity contribution in [2.24, 2.45) is 0 Å². The molecule has 0 spiro atoms. The van der Waals surface area contributed by atoms with E-state index in [4.69, 9.17) is 23.2 Å². The molecule has 0 aromatic carbocycles. The first-order chi connectivity index (χ1) is 4.72. The van der Waals surface area contributed by atoms with Crippen molar-refractivity contribution in [1.82, 2.24) is 4.98 Å². The second kappa shape index (κ2) is 3.17. The van der Waals surface area contributed by atoms with E-state index in [9.17, 15) is 4.39 Å². The minimum atomic E-state index is -0.639. The van der Waals surface area contributed by atoms with E-state index in [1.807, 2.05) is 0 Å². The number of rotatable bonds is 1. The SMILES string of the molecule is FCc1cc(Cl)cc(Cl)n1. The average Bonchev–Trinajstić information content (AvgIpc) is 1.85. The van der Waals surface area contributed by atoms with Crippen LogP contribution in [0, 0.1) is 0 Å². The summed E-state index contributed by atoms with van der Waals surface area (Å²) in [7, 11) is 0. The van der Waals surface area contributed by atoms with Gasteiger partial charge in [-0.25, -0.2) is 9.37 Å². The predicted molar refractivity (Wildman–Crippen MR) is 39.1 cm³/mol. The van der Waals surface area contributed by atoms with Crippen molar-refractivity contribution >= 4 is 23.2 Å². The first kappa shape index (κ1) is 7.76. The van der Waals surface area contributed by atoms with Gasteiger partial charge in [-0.1, -0.05) is 23.2 Å². The number of halogens is 3. The monoisotopic (exact) mass is 179 g/mol. The lowest BCUT2D eigenvalue weighted by molar-refractivity contribution is 0.476. The van der Waals surface area contributed by atoms with Crippen LogP contribution in [-0.2, 0) is 6.67 Å². The molecule has 0 N–H and O–H groups in total. The van der Waals surface area contributed by atoms with Gasteiger partial charge in [-0.2, -0.15) is 0 Å². The largest absolute Gasteiger partial charge is 0.244 e. The molecular formula is C6H4Cl2FN. The van der Waals surface area contributed by atoms with Crippen LogP contribution >= 0.6 is 23.2 Å². The smallest absolute Gasteiger partial charge is 0.132 e. The highest BCUT2D eigenvalue weighted by Gasteiger charge is 1.97.